The van der Waals surface area contributed by atoms with Gasteiger partial charge in [0.25, 0.3) is 0 Å². The van der Waals surface area contributed by atoms with Crippen molar-refractivity contribution in [2.75, 3.05) is 38.7 Å². The van der Waals surface area contributed by atoms with Gasteiger partial charge < -0.3 is 14.8 Å². The lowest BCUT2D eigenvalue weighted by Gasteiger charge is -2.44. The van der Waals surface area contributed by atoms with Gasteiger partial charge in [0.05, 0.1) is 18.2 Å². The first-order chi connectivity index (χ1) is 12.2. The molecule has 3 aliphatic rings. The summed E-state index contributed by atoms with van der Waals surface area (Å²) < 4.78 is 11.7. The first-order valence-corrected chi connectivity index (χ1v) is 9.49. The number of rotatable bonds is 4. The molecule has 2 saturated heterocycles. The summed E-state index contributed by atoms with van der Waals surface area (Å²) in [6.45, 7) is 2.89. The predicted octanol–water partition coefficient (Wildman–Crippen LogP) is 2.38. The second-order valence-corrected chi connectivity index (χ2v) is 7.61. The number of fused-ring (bicyclic) bond motifs is 1. The monoisotopic (exact) mass is 344 g/mol. The Morgan fingerprint density at radius 2 is 2.20 bits per heavy atom. The summed E-state index contributed by atoms with van der Waals surface area (Å²) in [5, 5.41) is 3.06. The van der Waals surface area contributed by atoms with Crippen LogP contribution in [0, 0.1) is 0 Å². The van der Waals surface area contributed by atoms with Gasteiger partial charge >= 0.3 is 0 Å². The van der Waals surface area contributed by atoms with Crippen LogP contribution < -0.4 is 5.32 Å². The van der Waals surface area contributed by atoms with Crippen molar-refractivity contribution >= 4 is 11.6 Å². The molecule has 2 aliphatic heterocycles. The maximum Gasteiger partial charge on any atom is 0.238 e. The number of piperidine rings is 1. The van der Waals surface area contributed by atoms with E-state index in [1.165, 1.54) is 24.0 Å². The third kappa shape index (κ3) is 3.46. The molecule has 2 atom stereocenters. The number of aryl methyl sites for hydroxylation is 2. The summed E-state index contributed by atoms with van der Waals surface area (Å²) in [6, 6.07) is 6.31. The molecule has 2 unspecified atom stereocenters. The zero-order chi connectivity index (χ0) is 17.3. The topological polar surface area (TPSA) is 50.8 Å². The Bertz CT molecular complexity index is 640. The number of benzene rings is 1. The smallest absolute Gasteiger partial charge is 0.238 e. The Kier molecular flexibility index (Phi) is 4.80. The summed E-state index contributed by atoms with van der Waals surface area (Å²) in [4.78, 5) is 14.6. The fourth-order valence-electron chi connectivity index (χ4n) is 4.66. The molecule has 2 fully saturated rings. The third-order valence-corrected chi connectivity index (χ3v) is 6.03. The number of carbonyl (C=O) groups is 1. The highest BCUT2D eigenvalue weighted by Crippen LogP contribution is 2.37. The van der Waals surface area contributed by atoms with E-state index in [0.29, 0.717) is 6.54 Å². The van der Waals surface area contributed by atoms with Gasteiger partial charge in [-0.05, 0) is 61.8 Å². The van der Waals surface area contributed by atoms with Crippen LogP contribution in [0.25, 0.3) is 0 Å². The van der Waals surface area contributed by atoms with Gasteiger partial charge in [-0.1, -0.05) is 6.07 Å². The van der Waals surface area contributed by atoms with Crippen LogP contribution in [0.5, 0.6) is 0 Å². The molecule has 0 aromatic heterocycles. The second kappa shape index (κ2) is 7.06. The highest BCUT2D eigenvalue weighted by molar-refractivity contribution is 5.92. The van der Waals surface area contributed by atoms with Crippen LogP contribution in [0.2, 0.25) is 0 Å². The van der Waals surface area contributed by atoms with Crippen LogP contribution in [0.4, 0.5) is 5.69 Å². The number of ether oxygens (including phenoxy) is 2. The molecular weight excluding hydrogens is 316 g/mol. The molecule has 0 radical (unpaired) electrons. The third-order valence-electron chi connectivity index (χ3n) is 6.03. The van der Waals surface area contributed by atoms with Gasteiger partial charge in [0, 0.05) is 32.5 Å². The first kappa shape index (κ1) is 17.0. The van der Waals surface area contributed by atoms with Crippen molar-refractivity contribution in [2.45, 2.75) is 50.2 Å². The molecule has 1 amide bonds. The van der Waals surface area contributed by atoms with Crippen LogP contribution in [0.15, 0.2) is 18.2 Å². The van der Waals surface area contributed by atoms with E-state index < -0.39 is 0 Å². The van der Waals surface area contributed by atoms with E-state index in [0.717, 1.165) is 51.1 Å². The zero-order valence-corrected chi connectivity index (χ0v) is 15.1. The molecule has 1 N–H and O–H groups in total. The number of likely N-dealkylation sites (tertiary alicyclic amines) is 1. The molecule has 1 aliphatic carbocycles. The Morgan fingerprint density at radius 1 is 1.32 bits per heavy atom. The number of nitrogens with zero attached hydrogens (tertiary/aromatic N) is 1. The van der Waals surface area contributed by atoms with E-state index in [1.54, 1.807) is 7.11 Å². The van der Waals surface area contributed by atoms with Crippen molar-refractivity contribution in [3.63, 3.8) is 0 Å². The molecule has 25 heavy (non-hydrogen) atoms. The number of amides is 1. The molecule has 4 rings (SSSR count). The molecule has 1 aromatic carbocycles. The number of methoxy groups -OCH3 is 1. The Balaban J connectivity index is 1.33. The Morgan fingerprint density at radius 3 is 3.00 bits per heavy atom. The zero-order valence-electron chi connectivity index (χ0n) is 15.1. The van der Waals surface area contributed by atoms with E-state index in [2.05, 4.69) is 22.3 Å². The normalized spacial score (nSPS) is 29.1. The lowest BCUT2D eigenvalue weighted by atomic mass is 9.86. The van der Waals surface area contributed by atoms with Gasteiger partial charge in [-0.3, -0.25) is 9.69 Å². The van der Waals surface area contributed by atoms with Crippen molar-refractivity contribution < 1.29 is 14.3 Å². The number of carbonyl (C=O) groups excluding carboxylic acids is 1. The minimum atomic E-state index is -0.123. The molecule has 1 spiro atoms. The van der Waals surface area contributed by atoms with Gasteiger partial charge in [0.2, 0.25) is 5.91 Å². The number of anilines is 1. The predicted molar refractivity (Wildman–Crippen MR) is 96.9 cm³/mol. The molecule has 0 saturated carbocycles. The largest absolute Gasteiger partial charge is 0.377 e. The van der Waals surface area contributed by atoms with E-state index in [4.69, 9.17) is 9.47 Å². The average molecular weight is 344 g/mol. The van der Waals surface area contributed by atoms with Crippen molar-refractivity contribution in [3.05, 3.63) is 29.3 Å². The minimum absolute atomic E-state index is 0.0519. The average Bonchev–Trinajstić information content (AvgIpc) is 3.26. The van der Waals surface area contributed by atoms with Gasteiger partial charge in [-0.25, -0.2) is 0 Å². The van der Waals surface area contributed by atoms with Crippen LogP contribution in [-0.4, -0.2) is 55.9 Å². The highest BCUT2D eigenvalue weighted by atomic mass is 16.5. The summed E-state index contributed by atoms with van der Waals surface area (Å²) in [5.74, 6) is 0.0519. The summed E-state index contributed by atoms with van der Waals surface area (Å²) in [6.07, 6.45) is 6.69. The van der Waals surface area contributed by atoms with E-state index >= 15 is 0 Å². The van der Waals surface area contributed by atoms with Gasteiger partial charge in [0.15, 0.2) is 0 Å². The number of hydrogen-bond donors (Lipinski definition) is 1. The maximum absolute atomic E-state index is 12.5. The second-order valence-electron chi connectivity index (χ2n) is 7.61. The van der Waals surface area contributed by atoms with Crippen LogP contribution in [0.3, 0.4) is 0 Å². The van der Waals surface area contributed by atoms with E-state index in [-0.39, 0.29) is 17.6 Å². The summed E-state index contributed by atoms with van der Waals surface area (Å²) in [5.41, 5.74) is 3.61. The molecule has 5 nitrogen and oxygen atoms in total. The molecular formula is C20H28N2O3. The minimum Gasteiger partial charge on any atom is -0.377 e. The molecule has 5 heteroatoms. The fourth-order valence-corrected chi connectivity index (χ4v) is 4.66. The first-order valence-electron chi connectivity index (χ1n) is 9.49. The maximum atomic E-state index is 12.5. The quantitative estimate of drug-likeness (QED) is 0.911. The Hall–Kier alpha value is -1.43. The molecule has 0 bridgehead atoms. The SMILES string of the molecule is COC1CN(CC(=O)Nc2ccc3c(c2)CCC3)CCC12CCCO2. The summed E-state index contributed by atoms with van der Waals surface area (Å²) in [7, 11) is 1.75. The fraction of sp³-hybridized carbons (Fsp3) is 0.650. The van der Waals surface area contributed by atoms with Crippen molar-refractivity contribution in [2.24, 2.45) is 0 Å². The standard InChI is InChI=1S/C20H28N2O3/c1-24-18-13-22(10-9-20(18)8-3-11-25-20)14-19(23)21-17-7-6-15-4-2-5-16(15)12-17/h6-7,12,18H,2-5,8-11,13-14H2,1H3,(H,21,23). The van der Waals surface area contributed by atoms with Crippen molar-refractivity contribution in [3.8, 4) is 0 Å². The van der Waals surface area contributed by atoms with Gasteiger partial charge in [-0.15, -0.1) is 0 Å². The van der Waals surface area contributed by atoms with Crippen LogP contribution in [0.1, 0.15) is 36.8 Å². The van der Waals surface area contributed by atoms with Crippen molar-refractivity contribution in [1.29, 1.82) is 0 Å². The lowest BCUT2D eigenvalue weighted by Crippen LogP contribution is -2.57. The molecule has 1 aromatic rings. The van der Waals surface area contributed by atoms with E-state index in [1.807, 2.05) is 6.07 Å². The molecule has 2 heterocycles. The number of nitrogens with one attached hydrogen (secondary N) is 1. The molecule has 136 valence electrons. The van der Waals surface area contributed by atoms with E-state index in [9.17, 15) is 4.79 Å². The lowest BCUT2D eigenvalue weighted by molar-refractivity contribution is -0.145. The Labute approximate surface area is 149 Å². The van der Waals surface area contributed by atoms with Gasteiger partial charge in [-0.2, -0.15) is 0 Å². The van der Waals surface area contributed by atoms with Crippen LogP contribution >= 0.6 is 0 Å². The van der Waals surface area contributed by atoms with Crippen molar-refractivity contribution in [1.82, 2.24) is 4.90 Å². The number of hydrogen-bond acceptors (Lipinski definition) is 4. The highest BCUT2D eigenvalue weighted by Gasteiger charge is 2.46. The summed E-state index contributed by atoms with van der Waals surface area (Å²) >= 11 is 0. The van der Waals surface area contributed by atoms with Crippen LogP contribution in [-0.2, 0) is 27.1 Å². The van der Waals surface area contributed by atoms with Gasteiger partial charge in [0.1, 0.15) is 0 Å².